The number of ketones is 1. The van der Waals surface area contributed by atoms with E-state index in [1.807, 2.05) is 13.0 Å². The number of hydrogen-bond donors (Lipinski definition) is 2. The molecular formula is C25H35N3O5S. The van der Waals surface area contributed by atoms with Gasteiger partial charge in [0.15, 0.2) is 15.4 Å². The zero-order chi connectivity index (χ0) is 24.1. The highest BCUT2D eigenvalue weighted by atomic mass is 32.2. The van der Waals surface area contributed by atoms with E-state index >= 15 is 0 Å². The summed E-state index contributed by atoms with van der Waals surface area (Å²) < 4.78 is 31.2. The summed E-state index contributed by atoms with van der Waals surface area (Å²) in [4.78, 5) is 30.8. The number of amides is 1. The fourth-order valence-electron chi connectivity index (χ4n) is 4.68. The van der Waals surface area contributed by atoms with Gasteiger partial charge in [-0.2, -0.15) is 0 Å². The maximum atomic E-state index is 13.3. The van der Waals surface area contributed by atoms with Crippen LogP contribution < -0.4 is 10.6 Å². The molecule has 0 bridgehead atoms. The molecule has 2 atom stereocenters. The summed E-state index contributed by atoms with van der Waals surface area (Å²) in [6.45, 7) is 1.93. The molecule has 1 amide bonds. The number of fused-ring (bicyclic) bond motifs is 1. The van der Waals surface area contributed by atoms with Crippen LogP contribution in [0.2, 0.25) is 0 Å². The van der Waals surface area contributed by atoms with Gasteiger partial charge in [0.05, 0.1) is 17.5 Å². The van der Waals surface area contributed by atoms with Crippen LogP contribution in [0.15, 0.2) is 28.7 Å². The van der Waals surface area contributed by atoms with Crippen LogP contribution in [0.1, 0.15) is 75.4 Å². The zero-order valence-corrected chi connectivity index (χ0v) is 20.6. The Bertz CT molecular complexity index is 1070. The zero-order valence-electron chi connectivity index (χ0n) is 19.8. The van der Waals surface area contributed by atoms with E-state index in [0.717, 1.165) is 44.9 Å². The van der Waals surface area contributed by atoms with Gasteiger partial charge >= 0.3 is 0 Å². The van der Waals surface area contributed by atoms with E-state index in [0.29, 0.717) is 23.9 Å². The Hall–Kier alpha value is -2.26. The van der Waals surface area contributed by atoms with E-state index in [2.05, 4.69) is 15.6 Å². The van der Waals surface area contributed by atoms with Gasteiger partial charge in [0.1, 0.15) is 11.6 Å². The van der Waals surface area contributed by atoms with Crippen molar-refractivity contribution < 1.29 is 22.4 Å². The first-order valence-corrected chi connectivity index (χ1v) is 14.3. The first kappa shape index (κ1) is 24.9. The molecule has 4 rings (SSSR count). The van der Waals surface area contributed by atoms with Crippen molar-refractivity contribution in [3.63, 3.8) is 0 Å². The number of carbonyl (C=O) groups is 2. The van der Waals surface area contributed by atoms with Crippen LogP contribution in [0.25, 0.3) is 11.1 Å². The number of nitrogens with one attached hydrogen (secondary N) is 2. The molecule has 2 N–H and O–H groups in total. The first-order valence-electron chi connectivity index (χ1n) is 12.5. The van der Waals surface area contributed by atoms with E-state index in [9.17, 15) is 18.0 Å². The highest BCUT2D eigenvalue weighted by Gasteiger charge is 2.35. The third-order valence-electron chi connectivity index (χ3n) is 6.68. The molecule has 8 nitrogen and oxygen atoms in total. The van der Waals surface area contributed by atoms with Crippen LogP contribution in [-0.4, -0.2) is 54.7 Å². The van der Waals surface area contributed by atoms with Gasteiger partial charge in [-0.15, -0.1) is 0 Å². The number of aromatic nitrogens is 1. The largest absolute Gasteiger partial charge is 0.434 e. The quantitative estimate of drug-likeness (QED) is 0.439. The van der Waals surface area contributed by atoms with Gasteiger partial charge < -0.3 is 15.1 Å². The van der Waals surface area contributed by atoms with Crippen molar-refractivity contribution in [3.8, 4) is 0 Å². The van der Waals surface area contributed by atoms with Crippen LogP contribution in [0.4, 0.5) is 0 Å². The molecule has 9 heteroatoms. The lowest BCUT2D eigenvalue weighted by Gasteiger charge is -2.29. The molecule has 2 aliphatic carbocycles. The van der Waals surface area contributed by atoms with Crippen molar-refractivity contribution >= 4 is 32.6 Å². The highest BCUT2D eigenvalue weighted by Crippen LogP contribution is 2.30. The summed E-state index contributed by atoms with van der Waals surface area (Å²) in [7, 11) is -3.39. The average Bonchev–Trinajstić information content (AvgIpc) is 3.51. The lowest BCUT2D eigenvalue weighted by molar-refractivity contribution is -0.123. The summed E-state index contributed by atoms with van der Waals surface area (Å²) in [5, 5.41) is 6.14. The van der Waals surface area contributed by atoms with Gasteiger partial charge in [-0.3, -0.25) is 9.59 Å². The Morgan fingerprint density at radius 2 is 1.82 bits per heavy atom. The second kappa shape index (κ2) is 11.0. The third kappa shape index (κ3) is 6.66. The Morgan fingerprint density at radius 1 is 1.09 bits per heavy atom. The molecule has 2 unspecified atom stereocenters. The number of Topliss-reactive ketones (excluding diaryl/α,β-unsaturated/α-hetero) is 1. The summed E-state index contributed by atoms with van der Waals surface area (Å²) in [6.07, 6.45) is 8.08. The second-order valence-corrected chi connectivity index (χ2v) is 11.9. The average molecular weight is 490 g/mol. The van der Waals surface area contributed by atoms with Crippen molar-refractivity contribution in [1.82, 2.24) is 15.6 Å². The number of hydrogen-bond acceptors (Lipinski definition) is 7. The fraction of sp³-hybridized carbons (Fsp3) is 0.640. The smallest absolute Gasteiger partial charge is 0.266 e. The first-order chi connectivity index (χ1) is 16.3. The predicted octanol–water partition coefficient (Wildman–Crippen LogP) is 3.41. The van der Waals surface area contributed by atoms with Gasteiger partial charge in [0, 0.05) is 6.04 Å². The molecule has 0 saturated heterocycles. The summed E-state index contributed by atoms with van der Waals surface area (Å²) in [5.41, 5.74) is 1.09. The molecule has 2 fully saturated rings. The number of sulfone groups is 1. The number of oxazole rings is 1. The van der Waals surface area contributed by atoms with E-state index in [-0.39, 0.29) is 29.4 Å². The normalized spacial score (nSPS) is 19.1. The van der Waals surface area contributed by atoms with Crippen molar-refractivity contribution in [1.29, 1.82) is 0 Å². The molecule has 1 aromatic carbocycles. The number of benzene rings is 1. The maximum absolute atomic E-state index is 13.3. The van der Waals surface area contributed by atoms with Crippen LogP contribution in [0.3, 0.4) is 0 Å². The minimum atomic E-state index is -3.39. The van der Waals surface area contributed by atoms with Gasteiger partial charge in [-0.05, 0) is 50.2 Å². The van der Waals surface area contributed by atoms with Crippen molar-refractivity contribution in [2.45, 2.75) is 82.8 Å². The third-order valence-corrected chi connectivity index (χ3v) is 8.50. The highest BCUT2D eigenvalue weighted by molar-refractivity contribution is 7.91. The summed E-state index contributed by atoms with van der Waals surface area (Å²) in [6, 6.07) is 5.51. The van der Waals surface area contributed by atoms with Gasteiger partial charge in [0.2, 0.25) is 11.7 Å². The number of para-hydroxylation sites is 2. The Kier molecular flexibility index (Phi) is 8.03. The Labute approximate surface area is 201 Å². The fourth-order valence-corrected chi connectivity index (χ4v) is 6.62. The van der Waals surface area contributed by atoms with Crippen LogP contribution in [0.5, 0.6) is 0 Å². The van der Waals surface area contributed by atoms with Gasteiger partial charge in [-0.25, -0.2) is 13.4 Å². The molecule has 0 spiro atoms. The number of nitrogens with zero attached hydrogens (tertiary/aromatic N) is 1. The Morgan fingerprint density at radius 3 is 2.50 bits per heavy atom. The molecule has 1 heterocycles. The van der Waals surface area contributed by atoms with Gasteiger partial charge in [0.25, 0.3) is 5.89 Å². The van der Waals surface area contributed by atoms with Crippen molar-refractivity contribution in [2.75, 3.05) is 11.5 Å². The van der Waals surface area contributed by atoms with Crippen LogP contribution in [0, 0.1) is 5.92 Å². The minimum absolute atomic E-state index is 0.0434. The minimum Gasteiger partial charge on any atom is -0.434 e. The molecule has 2 saturated carbocycles. The maximum Gasteiger partial charge on any atom is 0.266 e. The summed E-state index contributed by atoms with van der Waals surface area (Å²) in [5.74, 6) is -0.794. The summed E-state index contributed by atoms with van der Waals surface area (Å²) >= 11 is 0. The lowest BCUT2D eigenvalue weighted by atomic mass is 9.95. The standard InChI is InChI=1S/C25H35N3O5S/c1-2-8-20(23(29)25-28-19-11-6-7-12-22(19)33-25)27-24(30)21(26-18-9-4-3-5-10-18)16-34(31,32)15-17-13-14-17/h6-7,11-12,17-18,20-21,26H,2-5,8-10,13-16H2,1H3,(H,27,30). The molecule has 0 aliphatic heterocycles. The van der Waals surface area contributed by atoms with Crippen molar-refractivity contribution in [2.24, 2.45) is 5.92 Å². The Balaban J connectivity index is 1.49. The van der Waals surface area contributed by atoms with Crippen LogP contribution in [-0.2, 0) is 14.6 Å². The molecule has 186 valence electrons. The number of rotatable bonds is 12. The van der Waals surface area contributed by atoms with Crippen LogP contribution >= 0.6 is 0 Å². The molecule has 0 radical (unpaired) electrons. The second-order valence-electron chi connectivity index (χ2n) is 9.78. The number of carbonyl (C=O) groups excluding carboxylic acids is 2. The SMILES string of the molecule is CCCC(NC(=O)C(CS(=O)(=O)CC1CC1)NC1CCCCC1)C(=O)c1nc2ccccc2o1. The molecular weight excluding hydrogens is 454 g/mol. The van der Waals surface area contributed by atoms with Crippen molar-refractivity contribution in [3.05, 3.63) is 30.2 Å². The molecule has 1 aromatic heterocycles. The predicted molar refractivity (Wildman–Crippen MR) is 130 cm³/mol. The monoisotopic (exact) mass is 489 g/mol. The van der Waals surface area contributed by atoms with Gasteiger partial charge in [-0.1, -0.05) is 44.7 Å². The molecule has 2 aliphatic rings. The van der Waals surface area contributed by atoms with E-state index in [1.54, 1.807) is 18.2 Å². The molecule has 2 aromatic rings. The van der Waals surface area contributed by atoms with E-state index in [4.69, 9.17) is 4.42 Å². The lowest BCUT2D eigenvalue weighted by Crippen LogP contribution is -2.55. The van der Waals surface area contributed by atoms with E-state index in [1.165, 1.54) is 0 Å². The van der Waals surface area contributed by atoms with E-state index < -0.39 is 33.6 Å². The topological polar surface area (TPSA) is 118 Å². The molecule has 34 heavy (non-hydrogen) atoms.